The van der Waals surface area contributed by atoms with Crippen molar-refractivity contribution in [2.45, 2.75) is 38.9 Å². The number of benzene rings is 2. The van der Waals surface area contributed by atoms with Crippen molar-refractivity contribution in [1.29, 1.82) is 0 Å². The Balaban J connectivity index is 0.00000272. The monoisotopic (exact) mass is 445 g/mol. The molecular weight excluding hydrogens is 418 g/mol. The predicted molar refractivity (Wildman–Crippen MR) is 121 cm³/mol. The number of carbonyl (C=O) groups excluding carboxylic acids is 2. The van der Waals surface area contributed by atoms with Crippen LogP contribution in [0.3, 0.4) is 0 Å². The number of nitrogens with one attached hydrogen (secondary N) is 3. The molecule has 3 N–H and O–H groups in total. The van der Waals surface area contributed by atoms with E-state index in [4.69, 9.17) is 9.47 Å². The average Bonchev–Trinajstić information content (AvgIpc) is 2.76. The lowest BCUT2D eigenvalue weighted by Crippen LogP contribution is -2.54. The number of amides is 2. The largest absolute Gasteiger partial charge is 0.486 e. The minimum absolute atomic E-state index is 0. The summed E-state index contributed by atoms with van der Waals surface area (Å²) in [5.41, 5.74) is 2.98. The molecule has 2 aliphatic heterocycles. The van der Waals surface area contributed by atoms with Crippen LogP contribution in [-0.4, -0.2) is 37.1 Å². The molecule has 31 heavy (non-hydrogen) atoms. The quantitative estimate of drug-likeness (QED) is 0.658. The molecule has 2 aliphatic rings. The molecule has 0 aromatic heterocycles. The van der Waals surface area contributed by atoms with Crippen molar-refractivity contribution in [3.8, 4) is 11.5 Å². The normalized spacial score (nSPS) is 17.7. The third-order valence-corrected chi connectivity index (χ3v) is 5.45. The third kappa shape index (κ3) is 5.29. The summed E-state index contributed by atoms with van der Waals surface area (Å²) in [5, 5.41) is 9.09. The smallest absolute Gasteiger partial charge is 0.247 e. The summed E-state index contributed by atoms with van der Waals surface area (Å²) in [6.07, 6.45) is 0.608. The molecule has 7 nitrogen and oxygen atoms in total. The van der Waals surface area contributed by atoms with Gasteiger partial charge in [-0.1, -0.05) is 38.1 Å². The van der Waals surface area contributed by atoms with Gasteiger partial charge in [-0.3, -0.25) is 9.59 Å². The first-order valence-electron chi connectivity index (χ1n) is 10.3. The second kappa shape index (κ2) is 10.0. The van der Waals surface area contributed by atoms with Gasteiger partial charge in [0.05, 0.1) is 6.04 Å². The first kappa shape index (κ1) is 22.9. The molecule has 2 aromatic carbocycles. The van der Waals surface area contributed by atoms with E-state index in [1.54, 1.807) is 18.2 Å². The van der Waals surface area contributed by atoms with Gasteiger partial charge < -0.3 is 25.4 Å². The third-order valence-electron chi connectivity index (χ3n) is 5.45. The van der Waals surface area contributed by atoms with Crippen LogP contribution >= 0.6 is 12.4 Å². The summed E-state index contributed by atoms with van der Waals surface area (Å²) < 4.78 is 11.1. The van der Waals surface area contributed by atoms with Gasteiger partial charge in [0.1, 0.15) is 19.3 Å². The molecule has 2 heterocycles. The highest BCUT2D eigenvalue weighted by molar-refractivity contribution is 5.98. The highest BCUT2D eigenvalue weighted by Crippen LogP contribution is 2.32. The van der Waals surface area contributed by atoms with Crippen molar-refractivity contribution in [3.05, 3.63) is 53.6 Å². The topological polar surface area (TPSA) is 88.7 Å². The zero-order valence-electron chi connectivity index (χ0n) is 17.6. The van der Waals surface area contributed by atoms with Crippen molar-refractivity contribution < 1.29 is 19.1 Å². The molecule has 8 heteroatoms. The zero-order chi connectivity index (χ0) is 21.1. The second-order valence-electron chi connectivity index (χ2n) is 7.98. The van der Waals surface area contributed by atoms with Crippen molar-refractivity contribution in [1.82, 2.24) is 10.6 Å². The van der Waals surface area contributed by atoms with E-state index >= 15 is 0 Å². The fourth-order valence-corrected chi connectivity index (χ4v) is 3.77. The first-order chi connectivity index (χ1) is 14.5. The number of hydrogen-bond acceptors (Lipinski definition) is 5. The maximum atomic E-state index is 12.9. The van der Waals surface area contributed by atoms with Crippen LogP contribution in [0.25, 0.3) is 0 Å². The lowest BCUT2D eigenvalue weighted by atomic mass is 9.94. The van der Waals surface area contributed by atoms with Crippen molar-refractivity contribution in [2.24, 2.45) is 5.92 Å². The van der Waals surface area contributed by atoms with Gasteiger partial charge >= 0.3 is 0 Å². The molecule has 0 fully saturated rings. The SMILES string of the molecule is CC(C)[C@@H](NC(=O)[C@@H]1Cc2ccccc2CN1)C(=O)Nc1ccc2c(c1)OCCO2.Cl. The summed E-state index contributed by atoms with van der Waals surface area (Å²) >= 11 is 0. The van der Waals surface area contributed by atoms with E-state index in [2.05, 4.69) is 22.0 Å². The molecule has 0 bridgehead atoms. The average molecular weight is 446 g/mol. The van der Waals surface area contributed by atoms with Crippen LogP contribution < -0.4 is 25.4 Å². The molecule has 0 saturated carbocycles. The highest BCUT2D eigenvalue weighted by atomic mass is 35.5. The Kier molecular flexibility index (Phi) is 7.41. The van der Waals surface area contributed by atoms with Crippen LogP contribution in [0.15, 0.2) is 42.5 Å². The van der Waals surface area contributed by atoms with Crippen LogP contribution in [0.2, 0.25) is 0 Å². The summed E-state index contributed by atoms with van der Waals surface area (Å²) in [4.78, 5) is 25.8. The molecule has 2 amide bonds. The van der Waals surface area contributed by atoms with Crippen LogP contribution in [0.4, 0.5) is 5.69 Å². The van der Waals surface area contributed by atoms with Gasteiger partial charge in [-0.2, -0.15) is 0 Å². The number of halogens is 1. The molecular formula is C23H28ClN3O4. The van der Waals surface area contributed by atoms with Crippen LogP contribution in [0.1, 0.15) is 25.0 Å². The van der Waals surface area contributed by atoms with E-state index < -0.39 is 6.04 Å². The molecule has 166 valence electrons. The number of rotatable bonds is 5. The summed E-state index contributed by atoms with van der Waals surface area (Å²) in [5.74, 6) is 0.777. The number of hydrogen-bond donors (Lipinski definition) is 3. The maximum Gasteiger partial charge on any atom is 0.247 e. The highest BCUT2D eigenvalue weighted by Gasteiger charge is 2.30. The van der Waals surface area contributed by atoms with Crippen LogP contribution in [0.5, 0.6) is 11.5 Å². The Bertz CT molecular complexity index is 950. The minimum atomic E-state index is -0.648. The van der Waals surface area contributed by atoms with Crippen LogP contribution in [-0.2, 0) is 22.6 Å². The molecule has 2 aromatic rings. The number of anilines is 1. The first-order valence-corrected chi connectivity index (χ1v) is 10.3. The van der Waals surface area contributed by atoms with Gasteiger partial charge in [0.2, 0.25) is 11.8 Å². The van der Waals surface area contributed by atoms with Gasteiger partial charge in [0.15, 0.2) is 11.5 Å². The molecule has 4 rings (SSSR count). The van der Waals surface area contributed by atoms with E-state index in [9.17, 15) is 9.59 Å². The van der Waals surface area contributed by atoms with E-state index in [0.717, 1.165) is 0 Å². The standard InChI is InChI=1S/C23H27N3O4.ClH/c1-14(2)21(23(28)25-17-7-8-19-20(12-17)30-10-9-29-19)26-22(27)18-11-15-5-3-4-6-16(15)13-24-18;/h3-8,12,14,18,21,24H,9-11,13H2,1-2H3,(H,25,28)(H,26,27);1H/t18-,21+;/m0./s1. The Labute approximate surface area is 188 Å². The predicted octanol–water partition coefficient (Wildman–Crippen LogP) is 2.67. The zero-order valence-corrected chi connectivity index (χ0v) is 18.5. The summed E-state index contributed by atoms with van der Waals surface area (Å²) in [6, 6.07) is 12.4. The van der Waals surface area contributed by atoms with E-state index in [-0.39, 0.29) is 36.2 Å². The summed E-state index contributed by atoms with van der Waals surface area (Å²) in [7, 11) is 0. The second-order valence-corrected chi connectivity index (χ2v) is 7.98. The van der Waals surface area contributed by atoms with E-state index in [0.29, 0.717) is 43.4 Å². The van der Waals surface area contributed by atoms with Crippen molar-refractivity contribution in [3.63, 3.8) is 0 Å². The molecule has 0 unspecified atom stereocenters. The Morgan fingerprint density at radius 1 is 1.03 bits per heavy atom. The lowest BCUT2D eigenvalue weighted by Gasteiger charge is -2.28. The van der Waals surface area contributed by atoms with Gasteiger partial charge in [-0.15, -0.1) is 12.4 Å². The Morgan fingerprint density at radius 3 is 2.48 bits per heavy atom. The van der Waals surface area contributed by atoms with Crippen LogP contribution in [0, 0.1) is 5.92 Å². The number of fused-ring (bicyclic) bond motifs is 2. The molecule has 0 saturated heterocycles. The Morgan fingerprint density at radius 2 is 1.74 bits per heavy atom. The van der Waals surface area contributed by atoms with Gasteiger partial charge in [0.25, 0.3) is 0 Å². The molecule has 0 radical (unpaired) electrons. The summed E-state index contributed by atoms with van der Waals surface area (Å²) in [6.45, 7) is 5.46. The van der Waals surface area contributed by atoms with E-state index in [1.165, 1.54) is 11.1 Å². The van der Waals surface area contributed by atoms with Gasteiger partial charge in [-0.25, -0.2) is 0 Å². The van der Waals surface area contributed by atoms with E-state index in [1.807, 2.05) is 32.0 Å². The van der Waals surface area contributed by atoms with Crippen molar-refractivity contribution in [2.75, 3.05) is 18.5 Å². The Hall–Kier alpha value is -2.77. The van der Waals surface area contributed by atoms with Gasteiger partial charge in [-0.05, 0) is 35.6 Å². The fraction of sp³-hybridized carbons (Fsp3) is 0.391. The molecule has 2 atom stereocenters. The van der Waals surface area contributed by atoms with Crippen molar-refractivity contribution >= 4 is 29.9 Å². The minimum Gasteiger partial charge on any atom is -0.486 e. The molecule has 0 spiro atoms. The fourth-order valence-electron chi connectivity index (χ4n) is 3.77. The number of ether oxygens (including phenoxy) is 2. The maximum absolute atomic E-state index is 12.9. The number of carbonyl (C=O) groups is 2. The lowest BCUT2D eigenvalue weighted by molar-refractivity contribution is -0.128. The molecule has 0 aliphatic carbocycles. The van der Waals surface area contributed by atoms with Gasteiger partial charge in [0, 0.05) is 18.3 Å².